The van der Waals surface area contributed by atoms with E-state index in [1.54, 1.807) is 6.20 Å². The van der Waals surface area contributed by atoms with Gasteiger partial charge in [0.1, 0.15) is 5.82 Å². The van der Waals surface area contributed by atoms with Crippen molar-refractivity contribution in [1.29, 1.82) is 5.26 Å². The summed E-state index contributed by atoms with van der Waals surface area (Å²) in [6.45, 7) is 5.53. The number of carbonyl (C=O) groups excluding carboxylic acids is 1. The van der Waals surface area contributed by atoms with Crippen LogP contribution in [0.25, 0.3) is 21.2 Å². The number of nitriles is 1. The summed E-state index contributed by atoms with van der Waals surface area (Å²) in [6.07, 6.45) is 5.52. The maximum Gasteiger partial charge on any atom is 0.228 e. The van der Waals surface area contributed by atoms with Crippen molar-refractivity contribution < 1.29 is 4.79 Å². The van der Waals surface area contributed by atoms with Gasteiger partial charge < -0.3 is 11.1 Å². The minimum Gasteiger partial charge on any atom is -0.398 e. The molecule has 0 saturated heterocycles. The highest BCUT2D eigenvalue weighted by atomic mass is 32.1. The van der Waals surface area contributed by atoms with E-state index in [0.717, 1.165) is 39.6 Å². The molecule has 0 aliphatic heterocycles. The van der Waals surface area contributed by atoms with Crippen LogP contribution in [0, 0.1) is 24.7 Å². The van der Waals surface area contributed by atoms with E-state index in [-0.39, 0.29) is 11.8 Å². The molecule has 2 heterocycles. The molecule has 3 aromatic rings. The Morgan fingerprint density at radius 3 is 2.72 bits per heavy atom. The molecular formula is C18H17N5OS. The van der Waals surface area contributed by atoms with E-state index >= 15 is 0 Å². The summed E-state index contributed by atoms with van der Waals surface area (Å²) in [5.41, 5.74) is 9.03. The molecular weight excluding hydrogens is 334 g/mol. The first-order valence-electron chi connectivity index (χ1n) is 7.79. The number of aromatic nitrogens is 2. The lowest BCUT2D eigenvalue weighted by Gasteiger charge is -2.09. The molecule has 1 aliphatic rings. The highest BCUT2D eigenvalue weighted by Crippen LogP contribution is 2.34. The second kappa shape index (κ2) is 6.87. The lowest BCUT2D eigenvalue weighted by molar-refractivity contribution is -0.117. The van der Waals surface area contributed by atoms with Crippen LogP contribution in [0.2, 0.25) is 0 Å². The van der Waals surface area contributed by atoms with Crippen molar-refractivity contribution in [1.82, 2.24) is 9.36 Å². The van der Waals surface area contributed by atoms with E-state index in [1.807, 2.05) is 25.3 Å². The second-order valence-electron chi connectivity index (χ2n) is 5.96. The van der Waals surface area contributed by atoms with Crippen LogP contribution < -0.4 is 11.1 Å². The number of hydrogen-bond acceptors (Lipinski definition) is 6. The molecule has 0 radical (unpaired) electrons. The van der Waals surface area contributed by atoms with Gasteiger partial charge in [0.15, 0.2) is 0 Å². The number of rotatable bonds is 3. The van der Waals surface area contributed by atoms with Gasteiger partial charge in [-0.2, -0.15) is 0 Å². The van der Waals surface area contributed by atoms with E-state index in [4.69, 9.17) is 11.0 Å². The molecule has 7 heteroatoms. The predicted octanol–water partition coefficient (Wildman–Crippen LogP) is 3.74. The number of nitrogen functional groups attached to an aromatic ring is 1. The number of fused-ring (bicyclic) bond motifs is 1. The van der Waals surface area contributed by atoms with Crippen LogP contribution >= 0.6 is 11.5 Å². The predicted molar refractivity (Wildman–Crippen MR) is 100 cm³/mol. The smallest absolute Gasteiger partial charge is 0.228 e. The number of amides is 1. The number of anilines is 2. The minimum absolute atomic E-state index is 0.0549. The summed E-state index contributed by atoms with van der Waals surface area (Å²) in [5, 5.41) is 11.2. The fourth-order valence-electron chi connectivity index (χ4n) is 2.63. The number of pyridine rings is 1. The molecule has 1 fully saturated rings. The highest BCUT2D eigenvalue weighted by Gasteiger charge is 2.29. The van der Waals surface area contributed by atoms with E-state index in [9.17, 15) is 4.79 Å². The van der Waals surface area contributed by atoms with Gasteiger partial charge in [-0.05, 0) is 66.0 Å². The van der Waals surface area contributed by atoms with E-state index in [1.165, 1.54) is 11.5 Å². The van der Waals surface area contributed by atoms with Crippen molar-refractivity contribution in [3.8, 4) is 17.0 Å². The number of aryl methyl sites for hydroxylation is 1. The summed E-state index contributed by atoms with van der Waals surface area (Å²) in [5.74, 6) is 0.787. The first-order valence-corrected chi connectivity index (χ1v) is 8.57. The monoisotopic (exact) mass is 351 g/mol. The van der Waals surface area contributed by atoms with Crippen molar-refractivity contribution in [2.45, 2.75) is 19.8 Å². The highest BCUT2D eigenvalue weighted by molar-refractivity contribution is 7.09. The minimum atomic E-state index is 0.0549. The fraction of sp³-hybridized carbons (Fsp3) is 0.222. The quantitative estimate of drug-likeness (QED) is 0.699. The van der Waals surface area contributed by atoms with Crippen molar-refractivity contribution in [3.63, 3.8) is 0 Å². The lowest BCUT2D eigenvalue weighted by Crippen LogP contribution is -2.14. The van der Waals surface area contributed by atoms with Crippen LogP contribution in [0.15, 0.2) is 30.6 Å². The summed E-state index contributed by atoms with van der Waals surface area (Å²) < 4.78 is 4.22. The molecule has 6 nitrogen and oxygen atoms in total. The Morgan fingerprint density at radius 2 is 2.08 bits per heavy atom. The van der Waals surface area contributed by atoms with Gasteiger partial charge in [-0.15, -0.1) is 0 Å². The van der Waals surface area contributed by atoms with Gasteiger partial charge in [0.2, 0.25) is 5.91 Å². The molecule has 1 amide bonds. The Hall–Kier alpha value is -2.98. The molecule has 2 aromatic heterocycles. The normalized spacial score (nSPS) is 13.1. The number of benzene rings is 1. The third-order valence-electron chi connectivity index (χ3n) is 4.08. The number of carbonyl (C=O) groups is 1. The SMILES string of the molecule is C#N.Cc1cnsc1-c1cc(N)c2cnc(NC(=O)C3CC3)cc2c1. The molecule has 1 aliphatic carbocycles. The Balaban J connectivity index is 0.000000880. The van der Waals surface area contributed by atoms with Crippen molar-refractivity contribution in [3.05, 3.63) is 36.2 Å². The average molecular weight is 351 g/mol. The molecule has 1 saturated carbocycles. The molecule has 1 aromatic carbocycles. The number of nitrogens with one attached hydrogen (secondary N) is 1. The Labute approximate surface area is 149 Å². The molecule has 3 N–H and O–H groups in total. The number of nitrogens with zero attached hydrogens (tertiary/aromatic N) is 3. The lowest BCUT2D eigenvalue weighted by atomic mass is 10.0. The molecule has 0 unspecified atom stereocenters. The Kier molecular flexibility index (Phi) is 4.63. The van der Waals surface area contributed by atoms with E-state index in [0.29, 0.717) is 11.5 Å². The molecule has 4 rings (SSSR count). The first kappa shape index (κ1) is 16.9. The largest absolute Gasteiger partial charge is 0.398 e. The Bertz CT molecular complexity index is 958. The van der Waals surface area contributed by atoms with Crippen LogP contribution in [-0.2, 0) is 4.79 Å². The molecule has 25 heavy (non-hydrogen) atoms. The summed E-state index contributed by atoms with van der Waals surface area (Å²) in [4.78, 5) is 17.3. The van der Waals surface area contributed by atoms with Gasteiger partial charge in [-0.3, -0.25) is 4.79 Å². The first-order chi connectivity index (χ1) is 12.1. The summed E-state index contributed by atoms with van der Waals surface area (Å²) >= 11 is 1.46. The zero-order chi connectivity index (χ0) is 18.0. The summed E-state index contributed by atoms with van der Waals surface area (Å²) in [7, 11) is 0. The number of nitrogens with two attached hydrogens (primary N) is 1. The van der Waals surface area contributed by atoms with Crippen LogP contribution in [0.1, 0.15) is 18.4 Å². The van der Waals surface area contributed by atoms with Crippen LogP contribution in [0.4, 0.5) is 11.5 Å². The van der Waals surface area contributed by atoms with Crippen LogP contribution in [-0.4, -0.2) is 15.3 Å². The van der Waals surface area contributed by atoms with Crippen molar-refractivity contribution in [2.24, 2.45) is 5.92 Å². The van der Waals surface area contributed by atoms with Crippen LogP contribution in [0.5, 0.6) is 0 Å². The molecule has 0 spiro atoms. The topological polar surface area (TPSA) is 105 Å². The van der Waals surface area contributed by atoms with Crippen molar-refractivity contribution in [2.75, 3.05) is 11.1 Å². The maximum absolute atomic E-state index is 11.9. The second-order valence-corrected chi connectivity index (χ2v) is 6.76. The van der Waals surface area contributed by atoms with Gasteiger partial charge in [0.05, 0.1) is 4.88 Å². The average Bonchev–Trinajstić information content (AvgIpc) is 3.38. The van der Waals surface area contributed by atoms with Gasteiger partial charge in [0, 0.05) is 36.0 Å². The molecule has 0 atom stereocenters. The zero-order valence-corrected chi connectivity index (χ0v) is 14.5. The van der Waals surface area contributed by atoms with Gasteiger partial charge >= 0.3 is 0 Å². The van der Waals surface area contributed by atoms with E-state index in [2.05, 4.69) is 27.3 Å². The third-order valence-corrected chi connectivity index (χ3v) is 5.03. The third kappa shape index (κ3) is 3.44. The van der Waals surface area contributed by atoms with Crippen LogP contribution in [0.3, 0.4) is 0 Å². The van der Waals surface area contributed by atoms with Gasteiger partial charge in [-0.1, -0.05) is 0 Å². The fourth-order valence-corrected chi connectivity index (χ4v) is 3.36. The summed E-state index contributed by atoms with van der Waals surface area (Å²) in [6, 6.07) is 5.90. The molecule has 0 bridgehead atoms. The standard InChI is InChI=1S/C17H16N4OS.CHN/c1-9-7-20-23-16(9)12-4-11-6-15(21-17(22)10-2-3-10)19-8-13(11)14(18)5-12;1-2/h4-8,10H,2-3,18H2,1H3,(H,19,21,22);1H. The Morgan fingerprint density at radius 1 is 1.32 bits per heavy atom. The zero-order valence-electron chi connectivity index (χ0n) is 13.7. The van der Waals surface area contributed by atoms with Crippen molar-refractivity contribution >= 4 is 39.7 Å². The maximum atomic E-state index is 11.9. The van der Waals surface area contributed by atoms with Gasteiger partial charge in [0.25, 0.3) is 0 Å². The van der Waals surface area contributed by atoms with Gasteiger partial charge in [-0.25, -0.2) is 14.6 Å². The number of hydrogen-bond donors (Lipinski definition) is 2. The molecule has 126 valence electrons. The van der Waals surface area contributed by atoms with E-state index < -0.39 is 0 Å².